The summed E-state index contributed by atoms with van der Waals surface area (Å²) in [4.78, 5) is 11.8. The summed E-state index contributed by atoms with van der Waals surface area (Å²) in [6, 6.07) is 5.80. The maximum Gasteiger partial charge on any atom is 0.241 e. The van der Waals surface area contributed by atoms with Gasteiger partial charge in [0.1, 0.15) is 5.82 Å². The smallest absolute Gasteiger partial charge is 0.241 e. The summed E-state index contributed by atoms with van der Waals surface area (Å²) in [5.74, 6) is -0.417. The molecule has 2 N–H and O–H groups in total. The molecule has 1 aromatic rings. The van der Waals surface area contributed by atoms with E-state index >= 15 is 0 Å². The van der Waals surface area contributed by atoms with Crippen LogP contribution < -0.4 is 10.6 Å². The van der Waals surface area contributed by atoms with Gasteiger partial charge in [-0.1, -0.05) is 12.5 Å². The second-order valence-electron chi connectivity index (χ2n) is 4.00. The number of hydrogen-bond donors (Lipinski definition) is 2. The average Bonchev–Trinajstić information content (AvgIpc) is 2.30. The fourth-order valence-electron chi connectivity index (χ4n) is 1.87. The number of carbonyl (C=O) groups excluding carboxylic acids is 1. The number of nitrogens with one attached hydrogen (secondary N) is 2. The number of anilines is 1. The van der Waals surface area contributed by atoms with Crippen LogP contribution in [0.1, 0.15) is 19.3 Å². The molecule has 1 saturated heterocycles. The molecule has 17 heavy (non-hydrogen) atoms. The first-order valence-corrected chi connectivity index (χ1v) is 5.55. The van der Waals surface area contributed by atoms with Crippen molar-refractivity contribution in [3.63, 3.8) is 0 Å². The van der Waals surface area contributed by atoms with Gasteiger partial charge in [0.25, 0.3) is 0 Å². The Morgan fingerprint density at radius 2 is 2.24 bits per heavy atom. The fourth-order valence-corrected chi connectivity index (χ4v) is 1.87. The van der Waals surface area contributed by atoms with E-state index in [1.165, 1.54) is 12.1 Å². The Hall–Kier alpha value is -1.13. The van der Waals surface area contributed by atoms with Crippen molar-refractivity contribution in [2.24, 2.45) is 0 Å². The van der Waals surface area contributed by atoms with Crippen LogP contribution in [0.15, 0.2) is 24.3 Å². The zero-order valence-electron chi connectivity index (χ0n) is 9.41. The van der Waals surface area contributed by atoms with Gasteiger partial charge in [0.15, 0.2) is 0 Å². The standard InChI is InChI=1S/C12H15FN2O.ClH/c13-9-4-3-5-10(8-9)15-12(16)11-6-1-2-7-14-11;/h3-5,8,11,14H,1-2,6-7H2,(H,15,16);1H. The fraction of sp³-hybridized carbons (Fsp3) is 0.417. The van der Waals surface area contributed by atoms with Crippen LogP contribution in [0.2, 0.25) is 0 Å². The van der Waals surface area contributed by atoms with Crippen LogP contribution in [0.3, 0.4) is 0 Å². The van der Waals surface area contributed by atoms with Crippen LogP contribution >= 0.6 is 12.4 Å². The molecular weight excluding hydrogens is 243 g/mol. The van der Waals surface area contributed by atoms with Crippen LogP contribution in [0.25, 0.3) is 0 Å². The lowest BCUT2D eigenvalue weighted by molar-refractivity contribution is -0.118. The monoisotopic (exact) mass is 258 g/mol. The van der Waals surface area contributed by atoms with Crippen LogP contribution in [0.5, 0.6) is 0 Å². The lowest BCUT2D eigenvalue weighted by Gasteiger charge is -2.22. The van der Waals surface area contributed by atoms with Gasteiger partial charge in [-0.15, -0.1) is 12.4 Å². The van der Waals surface area contributed by atoms with E-state index in [0.717, 1.165) is 25.8 Å². The molecule has 1 aliphatic heterocycles. The van der Waals surface area contributed by atoms with Gasteiger partial charge >= 0.3 is 0 Å². The van der Waals surface area contributed by atoms with Crippen molar-refractivity contribution in [3.05, 3.63) is 30.1 Å². The molecule has 1 amide bonds. The minimum absolute atomic E-state index is 0. The zero-order valence-corrected chi connectivity index (χ0v) is 10.2. The van der Waals surface area contributed by atoms with E-state index in [1.807, 2.05) is 0 Å². The third kappa shape index (κ3) is 3.98. The van der Waals surface area contributed by atoms with Crippen molar-refractivity contribution in [2.75, 3.05) is 11.9 Å². The first kappa shape index (κ1) is 13.9. The summed E-state index contributed by atoms with van der Waals surface area (Å²) in [5.41, 5.74) is 0.511. The van der Waals surface area contributed by atoms with E-state index in [9.17, 15) is 9.18 Å². The van der Waals surface area contributed by atoms with E-state index in [4.69, 9.17) is 0 Å². The number of rotatable bonds is 2. The minimum Gasteiger partial charge on any atom is -0.325 e. The van der Waals surface area contributed by atoms with Gasteiger partial charge in [0.2, 0.25) is 5.91 Å². The van der Waals surface area contributed by atoms with Crippen molar-refractivity contribution >= 4 is 24.0 Å². The molecule has 0 spiro atoms. The molecule has 0 aromatic heterocycles. The molecule has 3 nitrogen and oxygen atoms in total. The Bertz CT molecular complexity index is 381. The third-order valence-corrected chi connectivity index (χ3v) is 2.72. The van der Waals surface area contributed by atoms with Gasteiger partial charge in [0, 0.05) is 5.69 Å². The summed E-state index contributed by atoms with van der Waals surface area (Å²) in [7, 11) is 0. The quantitative estimate of drug-likeness (QED) is 0.855. The summed E-state index contributed by atoms with van der Waals surface area (Å²) < 4.78 is 12.9. The Morgan fingerprint density at radius 3 is 2.88 bits per heavy atom. The lowest BCUT2D eigenvalue weighted by Crippen LogP contribution is -2.43. The molecule has 1 unspecified atom stereocenters. The van der Waals surface area contributed by atoms with Crippen LogP contribution in [-0.2, 0) is 4.79 Å². The molecule has 94 valence electrons. The number of benzene rings is 1. The molecule has 0 bridgehead atoms. The van der Waals surface area contributed by atoms with Crippen molar-refractivity contribution in [3.8, 4) is 0 Å². The number of halogens is 2. The molecule has 1 aromatic carbocycles. The molecule has 1 atom stereocenters. The van der Waals surface area contributed by atoms with Gasteiger partial charge in [-0.05, 0) is 37.6 Å². The van der Waals surface area contributed by atoms with Crippen molar-refractivity contribution < 1.29 is 9.18 Å². The first-order chi connectivity index (χ1) is 7.75. The maximum absolute atomic E-state index is 12.9. The largest absolute Gasteiger partial charge is 0.325 e. The highest BCUT2D eigenvalue weighted by Gasteiger charge is 2.20. The van der Waals surface area contributed by atoms with Crippen molar-refractivity contribution in [1.82, 2.24) is 5.32 Å². The normalized spacial score (nSPS) is 19.2. The van der Waals surface area contributed by atoms with Crippen LogP contribution in [-0.4, -0.2) is 18.5 Å². The number of carbonyl (C=O) groups is 1. The highest BCUT2D eigenvalue weighted by atomic mass is 35.5. The predicted octanol–water partition coefficient (Wildman–Crippen LogP) is 2.33. The topological polar surface area (TPSA) is 41.1 Å². The summed E-state index contributed by atoms with van der Waals surface area (Å²) in [6.45, 7) is 0.876. The molecular formula is C12H16ClFN2O. The van der Waals surface area contributed by atoms with E-state index in [-0.39, 0.29) is 30.2 Å². The average molecular weight is 259 g/mol. The van der Waals surface area contributed by atoms with Gasteiger partial charge in [-0.2, -0.15) is 0 Å². The van der Waals surface area contributed by atoms with Gasteiger partial charge in [-0.3, -0.25) is 4.79 Å². The Labute approximate surface area is 106 Å². The third-order valence-electron chi connectivity index (χ3n) is 2.72. The summed E-state index contributed by atoms with van der Waals surface area (Å²) in [6.07, 6.45) is 3.03. The minimum atomic E-state index is -0.339. The lowest BCUT2D eigenvalue weighted by atomic mass is 10.0. The molecule has 0 aliphatic carbocycles. The highest BCUT2D eigenvalue weighted by Crippen LogP contribution is 2.12. The van der Waals surface area contributed by atoms with Crippen LogP contribution in [0, 0.1) is 5.82 Å². The summed E-state index contributed by atoms with van der Waals surface area (Å²) >= 11 is 0. The summed E-state index contributed by atoms with van der Waals surface area (Å²) in [5, 5.41) is 5.86. The van der Waals surface area contributed by atoms with Gasteiger partial charge < -0.3 is 10.6 Å². The first-order valence-electron chi connectivity index (χ1n) is 5.55. The van der Waals surface area contributed by atoms with Gasteiger partial charge in [-0.25, -0.2) is 4.39 Å². The molecule has 1 fully saturated rings. The Morgan fingerprint density at radius 1 is 1.41 bits per heavy atom. The Balaban J connectivity index is 0.00000144. The maximum atomic E-state index is 12.9. The molecule has 2 rings (SSSR count). The second-order valence-corrected chi connectivity index (χ2v) is 4.00. The SMILES string of the molecule is Cl.O=C(Nc1cccc(F)c1)C1CCCCN1. The number of hydrogen-bond acceptors (Lipinski definition) is 2. The molecule has 0 radical (unpaired) electrons. The predicted molar refractivity (Wildman–Crippen MR) is 67.9 cm³/mol. The van der Waals surface area contributed by atoms with Gasteiger partial charge in [0.05, 0.1) is 6.04 Å². The second kappa shape index (κ2) is 6.57. The number of piperidine rings is 1. The van der Waals surface area contributed by atoms with E-state index in [2.05, 4.69) is 10.6 Å². The van der Waals surface area contributed by atoms with Crippen molar-refractivity contribution in [1.29, 1.82) is 0 Å². The molecule has 1 heterocycles. The van der Waals surface area contributed by atoms with E-state index < -0.39 is 0 Å². The highest BCUT2D eigenvalue weighted by molar-refractivity contribution is 5.94. The number of amides is 1. The molecule has 0 saturated carbocycles. The molecule has 1 aliphatic rings. The van der Waals surface area contributed by atoms with E-state index in [1.54, 1.807) is 12.1 Å². The zero-order chi connectivity index (χ0) is 11.4. The van der Waals surface area contributed by atoms with E-state index in [0.29, 0.717) is 5.69 Å². The van der Waals surface area contributed by atoms with Crippen molar-refractivity contribution in [2.45, 2.75) is 25.3 Å². The van der Waals surface area contributed by atoms with Crippen LogP contribution in [0.4, 0.5) is 10.1 Å². The Kier molecular flexibility index (Phi) is 5.38. The molecule has 5 heteroatoms.